The van der Waals surface area contributed by atoms with E-state index in [4.69, 9.17) is 21.1 Å². The van der Waals surface area contributed by atoms with Crippen LogP contribution in [0.5, 0.6) is 0 Å². The molecule has 1 radical (unpaired) electrons. The maximum absolute atomic E-state index is 5.85. The Labute approximate surface area is 98.4 Å². The molecule has 3 nitrogen and oxygen atoms in total. The second-order valence-corrected chi connectivity index (χ2v) is 5.62. The van der Waals surface area contributed by atoms with Crippen molar-refractivity contribution in [3.05, 3.63) is 22.0 Å². The zero-order chi connectivity index (χ0) is 11.2. The van der Waals surface area contributed by atoms with Crippen molar-refractivity contribution < 1.29 is 9.47 Å². The Bertz CT molecular complexity index is 377. The first-order chi connectivity index (χ1) is 6.89. The minimum Gasteiger partial charge on any atom is -0.344 e. The van der Waals surface area contributed by atoms with Crippen LogP contribution in [0.25, 0.3) is 0 Å². The third-order valence-corrected chi connectivity index (χ3v) is 3.57. The van der Waals surface area contributed by atoms with Crippen LogP contribution in [-0.2, 0) is 9.47 Å². The van der Waals surface area contributed by atoms with E-state index < -0.39 is 5.79 Å². The molecule has 5 heteroatoms. The van der Waals surface area contributed by atoms with Crippen LogP contribution < -0.4 is 0 Å². The van der Waals surface area contributed by atoms with Gasteiger partial charge in [-0.1, -0.05) is 11.6 Å². The van der Waals surface area contributed by atoms with E-state index in [0.29, 0.717) is 4.47 Å². The topological polar surface area (TPSA) is 31.4 Å². The smallest absolute Gasteiger partial charge is 0.184 e. The Morgan fingerprint density at radius 3 is 2.53 bits per heavy atom. The molecular formula is C10H13ClNO2S. The highest BCUT2D eigenvalue weighted by Crippen LogP contribution is 2.41. The summed E-state index contributed by atoms with van der Waals surface area (Å²) in [7, 11) is 0. The lowest BCUT2D eigenvalue weighted by atomic mass is 10.2. The number of nitrogens with zero attached hydrogens (tertiary/aromatic N) is 1. The first kappa shape index (κ1) is 11.3. The molecule has 0 aliphatic carbocycles. The zero-order valence-electron chi connectivity index (χ0n) is 8.91. The van der Waals surface area contributed by atoms with Crippen LogP contribution in [0.1, 0.15) is 30.5 Å². The number of hydrogen-bond acceptors (Lipinski definition) is 4. The minimum absolute atomic E-state index is 0.162. The van der Waals surface area contributed by atoms with Crippen molar-refractivity contribution in [2.75, 3.05) is 0 Å². The largest absolute Gasteiger partial charge is 0.344 e. The highest BCUT2D eigenvalue weighted by atomic mass is 35.5. The van der Waals surface area contributed by atoms with Crippen molar-refractivity contribution in [3.8, 4) is 0 Å². The Kier molecular flexibility index (Phi) is 2.79. The number of ether oxygens (including phenoxy) is 2. The van der Waals surface area contributed by atoms with Crippen molar-refractivity contribution in [1.29, 1.82) is 0 Å². The minimum atomic E-state index is -0.583. The van der Waals surface area contributed by atoms with Gasteiger partial charge >= 0.3 is 0 Å². The third-order valence-electron chi connectivity index (χ3n) is 2.25. The fourth-order valence-electron chi connectivity index (χ4n) is 1.70. The molecule has 1 aromatic heterocycles. The lowest BCUT2D eigenvalue weighted by Gasteiger charge is -2.16. The summed E-state index contributed by atoms with van der Waals surface area (Å²) < 4.78 is 11.9. The number of aryl methyl sites for hydroxylation is 1. The Morgan fingerprint density at radius 2 is 2.13 bits per heavy atom. The van der Waals surface area contributed by atoms with E-state index in [2.05, 4.69) is 11.9 Å². The second kappa shape index (κ2) is 3.70. The van der Waals surface area contributed by atoms with E-state index in [1.54, 1.807) is 0 Å². The molecule has 1 aromatic rings. The molecule has 0 aromatic carbocycles. The molecule has 1 aliphatic rings. The van der Waals surface area contributed by atoms with Gasteiger partial charge in [0.2, 0.25) is 0 Å². The predicted octanol–water partition coefficient (Wildman–Crippen LogP) is 3.13. The van der Waals surface area contributed by atoms with Crippen LogP contribution in [0.3, 0.4) is 0 Å². The summed E-state index contributed by atoms with van der Waals surface area (Å²) in [5.41, 5.74) is 0.893. The molecule has 2 heterocycles. The Balaban J connectivity index is 2.29. The van der Waals surface area contributed by atoms with Gasteiger partial charge in [0, 0.05) is 0 Å². The van der Waals surface area contributed by atoms with E-state index in [0.717, 1.165) is 10.6 Å². The summed E-state index contributed by atoms with van der Waals surface area (Å²) in [6.07, 6.45) is -0.375. The molecule has 0 spiro atoms. The molecule has 0 N–H and O–H groups in total. The molecule has 0 saturated carbocycles. The fraction of sp³-hybridized carbons (Fsp3) is 0.600. The monoisotopic (exact) mass is 246 g/mol. The summed E-state index contributed by atoms with van der Waals surface area (Å²) in [6, 6.07) is 0. The van der Waals surface area contributed by atoms with Crippen LogP contribution in [0.15, 0.2) is 0 Å². The summed E-state index contributed by atoms with van der Waals surface area (Å²) in [6.45, 7) is 9.60. The van der Waals surface area contributed by atoms with Crippen LogP contribution in [0.4, 0.5) is 0 Å². The van der Waals surface area contributed by atoms with Gasteiger partial charge in [-0.15, -0.1) is 11.3 Å². The number of thiazole rings is 1. The third kappa shape index (κ3) is 2.18. The molecule has 0 amide bonds. The lowest BCUT2D eigenvalue weighted by Crippen LogP contribution is -2.20. The maximum atomic E-state index is 5.85. The van der Waals surface area contributed by atoms with Crippen molar-refractivity contribution in [1.82, 2.24) is 4.98 Å². The molecule has 1 fully saturated rings. The fourth-order valence-corrected chi connectivity index (χ4v) is 2.95. The summed E-state index contributed by atoms with van der Waals surface area (Å²) >= 11 is 7.28. The first-order valence-corrected chi connectivity index (χ1v) is 5.90. The van der Waals surface area contributed by atoms with Gasteiger partial charge in [-0.05, 0) is 27.7 Å². The number of halogens is 1. The zero-order valence-corrected chi connectivity index (χ0v) is 10.5. The molecule has 0 bridgehead atoms. The van der Waals surface area contributed by atoms with Gasteiger partial charge in [0.05, 0.1) is 16.7 Å². The van der Waals surface area contributed by atoms with Gasteiger partial charge in [0.1, 0.15) is 6.10 Å². The van der Waals surface area contributed by atoms with Crippen molar-refractivity contribution >= 4 is 22.9 Å². The average Bonchev–Trinajstić information content (AvgIpc) is 2.52. The molecule has 0 unspecified atom stereocenters. The second-order valence-electron chi connectivity index (χ2n) is 4.01. The normalized spacial score (nSPS) is 29.7. The van der Waals surface area contributed by atoms with Gasteiger partial charge in [0.15, 0.2) is 10.3 Å². The standard InChI is InChI=1S/C10H13ClNO2S/c1-5-8(15-9(11)12-5)7-6(2)13-10(3,4)14-7/h6-7H,2H2,1,3-4H3/t6-,7+/m1/s1. The van der Waals surface area contributed by atoms with E-state index in [9.17, 15) is 0 Å². The summed E-state index contributed by atoms with van der Waals surface area (Å²) in [4.78, 5) is 5.16. The van der Waals surface area contributed by atoms with Gasteiger partial charge in [-0.3, -0.25) is 0 Å². The van der Waals surface area contributed by atoms with Gasteiger partial charge < -0.3 is 9.47 Å². The molecule has 15 heavy (non-hydrogen) atoms. The number of aromatic nitrogens is 1. The van der Waals surface area contributed by atoms with Crippen LogP contribution in [-0.4, -0.2) is 16.9 Å². The summed E-state index contributed by atoms with van der Waals surface area (Å²) in [5, 5.41) is 0. The highest BCUT2D eigenvalue weighted by molar-refractivity contribution is 7.15. The van der Waals surface area contributed by atoms with Crippen LogP contribution >= 0.6 is 22.9 Å². The molecule has 1 aliphatic heterocycles. The quantitative estimate of drug-likeness (QED) is 0.763. The van der Waals surface area contributed by atoms with E-state index in [-0.39, 0.29) is 12.2 Å². The van der Waals surface area contributed by atoms with Crippen LogP contribution in [0, 0.1) is 13.8 Å². The Morgan fingerprint density at radius 1 is 1.47 bits per heavy atom. The molecule has 2 atom stereocenters. The first-order valence-electron chi connectivity index (χ1n) is 4.70. The van der Waals surface area contributed by atoms with Crippen LogP contribution in [0.2, 0.25) is 4.47 Å². The average molecular weight is 247 g/mol. The van der Waals surface area contributed by atoms with E-state index in [1.165, 1.54) is 11.3 Å². The molecule has 83 valence electrons. The SMILES string of the molecule is [CH2][C@H]1OC(C)(C)O[C@@H]1c1sc(Cl)nc1C. The van der Waals surface area contributed by atoms with Crippen molar-refractivity contribution in [2.24, 2.45) is 0 Å². The van der Waals surface area contributed by atoms with Crippen molar-refractivity contribution in [2.45, 2.75) is 38.8 Å². The number of rotatable bonds is 1. The predicted molar refractivity (Wildman–Crippen MR) is 60.0 cm³/mol. The lowest BCUT2D eigenvalue weighted by molar-refractivity contribution is -0.143. The Hall–Kier alpha value is -0.160. The van der Waals surface area contributed by atoms with Crippen molar-refractivity contribution in [3.63, 3.8) is 0 Å². The highest BCUT2D eigenvalue weighted by Gasteiger charge is 2.41. The van der Waals surface area contributed by atoms with Gasteiger partial charge in [0.25, 0.3) is 0 Å². The van der Waals surface area contributed by atoms with Gasteiger partial charge in [-0.2, -0.15) is 0 Å². The molecule has 1 saturated heterocycles. The molecular weight excluding hydrogens is 234 g/mol. The maximum Gasteiger partial charge on any atom is 0.184 e. The van der Waals surface area contributed by atoms with Gasteiger partial charge in [-0.25, -0.2) is 4.98 Å². The van der Waals surface area contributed by atoms with E-state index in [1.807, 2.05) is 20.8 Å². The van der Waals surface area contributed by atoms with E-state index >= 15 is 0 Å². The number of hydrogen-bond donors (Lipinski definition) is 0. The molecule has 2 rings (SSSR count). The summed E-state index contributed by atoms with van der Waals surface area (Å²) in [5.74, 6) is -0.583.